The van der Waals surface area contributed by atoms with Crippen molar-refractivity contribution in [3.05, 3.63) is 48.0 Å². The van der Waals surface area contributed by atoms with Crippen LogP contribution in [0, 0.1) is 12.3 Å². The Morgan fingerprint density at radius 2 is 2.10 bits per heavy atom. The molecule has 1 heterocycles. The molecule has 1 aromatic carbocycles. The summed E-state index contributed by atoms with van der Waals surface area (Å²) >= 11 is 0. The fourth-order valence-electron chi connectivity index (χ4n) is 2.25. The van der Waals surface area contributed by atoms with Crippen LogP contribution in [0.15, 0.2) is 36.9 Å². The molecule has 0 spiro atoms. The van der Waals surface area contributed by atoms with Gasteiger partial charge in [-0.2, -0.15) is 5.10 Å². The van der Waals surface area contributed by atoms with Crippen LogP contribution in [-0.2, 0) is 11.2 Å². The molecule has 0 amide bonds. The van der Waals surface area contributed by atoms with E-state index < -0.39 is 5.41 Å². The maximum absolute atomic E-state index is 12.7. The van der Waals surface area contributed by atoms with Crippen molar-refractivity contribution in [3.63, 3.8) is 0 Å². The van der Waals surface area contributed by atoms with E-state index >= 15 is 0 Å². The molecule has 2 rings (SSSR count). The van der Waals surface area contributed by atoms with Gasteiger partial charge in [0.1, 0.15) is 18.7 Å². The number of aromatic nitrogens is 3. The molecule has 0 aliphatic carbocycles. The third-order valence-electron chi connectivity index (χ3n) is 3.31. The van der Waals surface area contributed by atoms with Gasteiger partial charge < -0.3 is 0 Å². The molecule has 0 aliphatic rings. The Bertz CT molecular complexity index is 582. The van der Waals surface area contributed by atoms with Gasteiger partial charge in [0.05, 0.1) is 0 Å². The van der Waals surface area contributed by atoms with Crippen molar-refractivity contribution in [2.75, 3.05) is 0 Å². The summed E-state index contributed by atoms with van der Waals surface area (Å²) in [5.41, 5.74) is 1.94. The van der Waals surface area contributed by atoms with Gasteiger partial charge in [-0.25, -0.2) is 9.67 Å². The zero-order valence-corrected chi connectivity index (χ0v) is 12.5. The lowest BCUT2D eigenvalue weighted by atomic mass is 9.84. The topological polar surface area (TPSA) is 47.8 Å². The van der Waals surface area contributed by atoms with Gasteiger partial charge in [0.2, 0.25) is 0 Å². The molecule has 1 aromatic heterocycles. The number of aryl methyl sites for hydroxylation is 1. The van der Waals surface area contributed by atoms with Gasteiger partial charge >= 0.3 is 0 Å². The highest BCUT2D eigenvalue weighted by Crippen LogP contribution is 2.26. The smallest absolute Gasteiger partial charge is 0.163 e. The number of carbonyl (C=O) groups is 1. The standard InChI is InChI=1S/C16H21N3O/c1-12-6-5-7-13(8-12)9-14(15(20)16(2,3)4)19-11-17-10-18-19/h5-8,10-11,14H,9H2,1-4H3. The minimum atomic E-state index is -0.402. The van der Waals surface area contributed by atoms with E-state index in [1.54, 1.807) is 11.0 Å². The summed E-state index contributed by atoms with van der Waals surface area (Å²) in [4.78, 5) is 16.6. The Labute approximate surface area is 119 Å². The molecule has 0 bridgehead atoms. The SMILES string of the molecule is Cc1cccc(CC(C(=O)C(C)(C)C)n2cncn2)c1. The summed E-state index contributed by atoms with van der Waals surface area (Å²) in [5, 5.41) is 4.15. The summed E-state index contributed by atoms with van der Waals surface area (Å²) in [6.45, 7) is 7.88. The number of Topliss-reactive ketones (excluding diaryl/α,β-unsaturated/α-hetero) is 1. The first kappa shape index (κ1) is 14.4. The van der Waals surface area contributed by atoms with E-state index in [2.05, 4.69) is 29.1 Å². The average Bonchev–Trinajstić information content (AvgIpc) is 2.87. The summed E-state index contributed by atoms with van der Waals surface area (Å²) in [6.07, 6.45) is 3.73. The fourth-order valence-corrected chi connectivity index (χ4v) is 2.25. The molecular formula is C16H21N3O. The van der Waals surface area contributed by atoms with Gasteiger partial charge in [-0.1, -0.05) is 50.6 Å². The van der Waals surface area contributed by atoms with Crippen molar-refractivity contribution in [1.82, 2.24) is 14.8 Å². The van der Waals surface area contributed by atoms with Crippen LogP contribution in [0.2, 0.25) is 0 Å². The van der Waals surface area contributed by atoms with Crippen LogP contribution in [0.4, 0.5) is 0 Å². The molecule has 0 aliphatic heterocycles. The maximum atomic E-state index is 12.7. The molecule has 0 N–H and O–H groups in total. The van der Waals surface area contributed by atoms with E-state index in [0.717, 1.165) is 5.56 Å². The van der Waals surface area contributed by atoms with Crippen molar-refractivity contribution >= 4 is 5.78 Å². The highest BCUT2D eigenvalue weighted by atomic mass is 16.1. The number of benzene rings is 1. The van der Waals surface area contributed by atoms with Crippen molar-refractivity contribution in [2.45, 2.75) is 40.2 Å². The largest absolute Gasteiger partial charge is 0.297 e. The normalized spacial score (nSPS) is 13.2. The second-order valence-corrected chi connectivity index (χ2v) is 6.20. The Kier molecular flexibility index (Phi) is 4.02. The lowest BCUT2D eigenvalue weighted by Gasteiger charge is -2.24. The third-order valence-corrected chi connectivity index (χ3v) is 3.31. The molecule has 4 nitrogen and oxygen atoms in total. The van der Waals surface area contributed by atoms with Gasteiger partial charge in [0, 0.05) is 11.8 Å². The molecule has 0 fully saturated rings. The summed E-state index contributed by atoms with van der Waals surface area (Å²) < 4.78 is 1.66. The van der Waals surface area contributed by atoms with E-state index in [1.807, 2.05) is 32.9 Å². The summed E-state index contributed by atoms with van der Waals surface area (Å²) in [5.74, 6) is 0.171. The van der Waals surface area contributed by atoms with Gasteiger partial charge in [0.25, 0.3) is 0 Å². The molecule has 0 saturated carbocycles. The first-order valence-electron chi connectivity index (χ1n) is 6.82. The Balaban J connectivity index is 2.31. The Hall–Kier alpha value is -1.97. The van der Waals surface area contributed by atoms with E-state index in [4.69, 9.17) is 0 Å². The van der Waals surface area contributed by atoms with E-state index in [-0.39, 0.29) is 11.8 Å². The second-order valence-electron chi connectivity index (χ2n) is 6.20. The summed E-state index contributed by atoms with van der Waals surface area (Å²) in [7, 11) is 0. The van der Waals surface area contributed by atoms with E-state index in [0.29, 0.717) is 6.42 Å². The van der Waals surface area contributed by atoms with Crippen molar-refractivity contribution in [1.29, 1.82) is 0 Å². The molecule has 20 heavy (non-hydrogen) atoms. The zero-order valence-electron chi connectivity index (χ0n) is 12.5. The van der Waals surface area contributed by atoms with Crippen molar-refractivity contribution in [3.8, 4) is 0 Å². The lowest BCUT2D eigenvalue weighted by molar-refractivity contribution is -0.130. The van der Waals surface area contributed by atoms with Gasteiger partial charge in [-0.05, 0) is 12.5 Å². The second kappa shape index (κ2) is 5.57. The summed E-state index contributed by atoms with van der Waals surface area (Å²) in [6, 6.07) is 7.93. The monoisotopic (exact) mass is 271 g/mol. The number of ketones is 1. The first-order valence-corrected chi connectivity index (χ1v) is 6.82. The zero-order chi connectivity index (χ0) is 14.8. The van der Waals surface area contributed by atoms with Gasteiger partial charge in [0.15, 0.2) is 5.78 Å². The van der Waals surface area contributed by atoms with Crippen LogP contribution in [-0.4, -0.2) is 20.5 Å². The molecule has 2 aromatic rings. The van der Waals surface area contributed by atoms with Gasteiger partial charge in [-0.3, -0.25) is 4.79 Å². The average molecular weight is 271 g/mol. The Morgan fingerprint density at radius 1 is 1.35 bits per heavy atom. The van der Waals surface area contributed by atoms with E-state index in [1.165, 1.54) is 11.9 Å². The highest BCUT2D eigenvalue weighted by molar-refractivity contribution is 5.87. The van der Waals surface area contributed by atoms with Crippen LogP contribution in [0.25, 0.3) is 0 Å². The Morgan fingerprint density at radius 3 is 2.65 bits per heavy atom. The van der Waals surface area contributed by atoms with Crippen LogP contribution in [0.1, 0.15) is 37.9 Å². The number of hydrogen-bond donors (Lipinski definition) is 0. The lowest BCUT2D eigenvalue weighted by Crippen LogP contribution is -2.32. The minimum absolute atomic E-state index is 0.171. The number of hydrogen-bond acceptors (Lipinski definition) is 3. The van der Waals surface area contributed by atoms with Crippen molar-refractivity contribution in [2.24, 2.45) is 5.41 Å². The first-order chi connectivity index (χ1) is 9.38. The molecule has 1 atom stereocenters. The number of nitrogens with zero attached hydrogens (tertiary/aromatic N) is 3. The fraction of sp³-hybridized carbons (Fsp3) is 0.438. The van der Waals surface area contributed by atoms with E-state index in [9.17, 15) is 4.79 Å². The third kappa shape index (κ3) is 3.32. The quantitative estimate of drug-likeness (QED) is 0.859. The van der Waals surface area contributed by atoms with Crippen molar-refractivity contribution < 1.29 is 4.79 Å². The predicted molar refractivity (Wildman–Crippen MR) is 78.4 cm³/mol. The van der Waals surface area contributed by atoms with Crippen LogP contribution in [0.5, 0.6) is 0 Å². The maximum Gasteiger partial charge on any atom is 0.163 e. The van der Waals surface area contributed by atoms with Crippen LogP contribution >= 0.6 is 0 Å². The molecule has 4 heteroatoms. The number of carbonyl (C=O) groups excluding carboxylic acids is 1. The minimum Gasteiger partial charge on any atom is -0.297 e. The number of rotatable bonds is 4. The van der Waals surface area contributed by atoms with Crippen LogP contribution in [0.3, 0.4) is 0 Å². The predicted octanol–water partition coefficient (Wildman–Crippen LogP) is 2.99. The molecule has 1 unspecified atom stereocenters. The molecule has 0 saturated heterocycles. The molecule has 106 valence electrons. The van der Waals surface area contributed by atoms with Crippen LogP contribution < -0.4 is 0 Å². The van der Waals surface area contributed by atoms with Gasteiger partial charge in [-0.15, -0.1) is 0 Å². The molecule has 0 radical (unpaired) electrons. The molecular weight excluding hydrogens is 250 g/mol. The highest BCUT2D eigenvalue weighted by Gasteiger charge is 2.31.